The Morgan fingerprint density at radius 2 is 1.05 bits per heavy atom. The summed E-state index contributed by atoms with van der Waals surface area (Å²) in [5.74, 6) is 6.65. The number of pyridine rings is 1. The van der Waals surface area contributed by atoms with Gasteiger partial charge >= 0.3 is 254 Å². The zero-order chi connectivity index (χ0) is 27.4. The van der Waals surface area contributed by atoms with Crippen molar-refractivity contribution >= 4 is 74.5 Å². The number of ether oxygens (including phenoxy) is 3. The molecule has 6 aromatic rings. The number of benzene rings is 5. The minimum atomic E-state index is -2.66. The first-order chi connectivity index (χ1) is 20.8. The molecule has 0 amide bonds. The van der Waals surface area contributed by atoms with Crippen LogP contribution in [0.3, 0.4) is 0 Å². The van der Waals surface area contributed by atoms with E-state index in [0.717, 1.165) is 50.3 Å². The van der Waals surface area contributed by atoms with Crippen molar-refractivity contribution in [3.8, 4) is 34.5 Å². The topological polar surface area (TPSA) is 43.8 Å². The van der Waals surface area contributed by atoms with Crippen molar-refractivity contribution in [1.29, 1.82) is 0 Å². The molecule has 42 heavy (non-hydrogen) atoms. The monoisotopic (exact) mass is 654 g/mol. The van der Waals surface area contributed by atoms with Gasteiger partial charge in [0.1, 0.15) is 0 Å². The number of hydrogen-bond donors (Lipinski definition) is 0. The van der Waals surface area contributed by atoms with Crippen LogP contribution in [0.4, 0.5) is 17.2 Å². The SMILES string of the molecule is c1ccc(N2c3cccc4[c]3[Ga]([c]3ccccc3O4)[c]3cc4[c](nc32)[Ga]2[c]3ccccc3Oc3cccc([c]32)O4)cc1. The molecule has 194 valence electrons. The first-order valence-corrected chi connectivity index (χ1v) is 21.5. The minimum absolute atomic E-state index is 0.906. The van der Waals surface area contributed by atoms with Crippen molar-refractivity contribution in [2.45, 2.75) is 0 Å². The summed E-state index contributed by atoms with van der Waals surface area (Å²) in [6, 6.07) is 42.7. The molecule has 0 radical (unpaired) electrons. The summed E-state index contributed by atoms with van der Waals surface area (Å²) >= 11 is -5.29. The van der Waals surface area contributed by atoms with Gasteiger partial charge in [0.25, 0.3) is 0 Å². The number of para-hydroxylation sites is 3. The summed E-state index contributed by atoms with van der Waals surface area (Å²) in [7, 11) is 0. The van der Waals surface area contributed by atoms with Crippen LogP contribution >= 0.6 is 0 Å². The van der Waals surface area contributed by atoms with E-state index in [4.69, 9.17) is 19.2 Å². The van der Waals surface area contributed by atoms with Crippen LogP contribution in [0.15, 0.2) is 121 Å². The van der Waals surface area contributed by atoms with Crippen LogP contribution in [0.2, 0.25) is 0 Å². The normalized spacial score (nSPS) is 14.1. The van der Waals surface area contributed by atoms with Gasteiger partial charge in [-0.2, -0.15) is 0 Å². The second kappa shape index (κ2) is 8.62. The van der Waals surface area contributed by atoms with Gasteiger partial charge in [-0.25, -0.2) is 0 Å². The molecule has 0 atom stereocenters. The van der Waals surface area contributed by atoms with Gasteiger partial charge in [-0.15, -0.1) is 0 Å². The second-order valence-corrected chi connectivity index (χ2v) is 22.2. The standard InChI is InChI=1S/C35H20N2O3.2Ga/c1-4-12-27(13-5-1)37(28-14-10-19-31(24-28)38-29-15-6-2-7-16-29)35-23-22-34(26-36-35)40-33-21-11-20-32(25-33)39-30-17-8-3-9-18-30;;/h1-15,17,19-22H;;. The Hall–Kier alpha value is -4.28. The van der Waals surface area contributed by atoms with Gasteiger partial charge in [0.15, 0.2) is 0 Å². The molecule has 5 aromatic carbocycles. The Labute approximate surface area is 253 Å². The number of aromatic nitrogens is 1. The molecule has 1 aromatic heterocycles. The molecule has 0 aliphatic carbocycles. The van der Waals surface area contributed by atoms with E-state index in [1.807, 2.05) is 6.07 Å². The molecule has 0 saturated heterocycles. The van der Waals surface area contributed by atoms with E-state index in [1.165, 1.54) is 26.3 Å². The van der Waals surface area contributed by atoms with Crippen LogP contribution in [0.1, 0.15) is 0 Å². The Bertz CT molecular complexity index is 2120. The van der Waals surface area contributed by atoms with E-state index >= 15 is 0 Å². The molecule has 4 aliphatic heterocycles. The molecule has 0 fully saturated rings. The maximum absolute atomic E-state index is 6.75. The third-order valence-corrected chi connectivity index (χ3v) is 22.5. The molecular weight excluding hydrogens is 636 g/mol. The predicted octanol–water partition coefficient (Wildman–Crippen LogP) is 4.21. The van der Waals surface area contributed by atoms with Crippen molar-refractivity contribution in [3.63, 3.8) is 0 Å². The average Bonchev–Trinajstić information content (AvgIpc) is 3.04. The number of hydrogen-bond acceptors (Lipinski definition) is 5. The van der Waals surface area contributed by atoms with E-state index < -0.39 is 32.4 Å². The predicted molar refractivity (Wildman–Crippen MR) is 168 cm³/mol. The van der Waals surface area contributed by atoms with Gasteiger partial charge in [-0.1, -0.05) is 0 Å². The second-order valence-electron chi connectivity index (χ2n) is 11.1. The van der Waals surface area contributed by atoms with Gasteiger partial charge in [-0.3, -0.25) is 0 Å². The van der Waals surface area contributed by atoms with E-state index in [2.05, 4.69) is 120 Å². The van der Waals surface area contributed by atoms with Crippen molar-refractivity contribution in [3.05, 3.63) is 121 Å². The third kappa shape index (κ3) is 3.11. The fourth-order valence-corrected chi connectivity index (χ4v) is 21.0. The van der Waals surface area contributed by atoms with Gasteiger partial charge in [-0.05, 0) is 0 Å². The summed E-state index contributed by atoms with van der Waals surface area (Å²) < 4.78 is 27.3. The van der Waals surface area contributed by atoms with Crippen LogP contribution in [0.25, 0.3) is 0 Å². The molecule has 5 heterocycles. The van der Waals surface area contributed by atoms with E-state index in [-0.39, 0.29) is 0 Å². The number of anilines is 3. The van der Waals surface area contributed by atoms with Crippen molar-refractivity contribution < 1.29 is 14.2 Å². The number of fused-ring (bicyclic) bond motifs is 8. The molecule has 4 aliphatic rings. The van der Waals surface area contributed by atoms with Crippen molar-refractivity contribution in [1.82, 2.24) is 4.98 Å². The number of rotatable bonds is 1. The first-order valence-electron chi connectivity index (χ1n) is 14.2. The Kier molecular flexibility index (Phi) is 4.78. The Balaban J connectivity index is 1.29. The van der Waals surface area contributed by atoms with Gasteiger partial charge in [0.05, 0.1) is 0 Å². The summed E-state index contributed by atoms with van der Waals surface area (Å²) in [4.78, 5) is 8.04. The van der Waals surface area contributed by atoms with Crippen LogP contribution < -0.4 is 43.9 Å². The Morgan fingerprint density at radius 1 is 0.476 bits per heavy atom. The van der Waals surface area contributed by atoms with Crippen LogP contribution in [0, 0.1) is 0 Å². The van der Waals surface area contributed by atoms with Gasteiger partial charge < -0.3 is 0 Å². The zero-order valence-corrected chi connectivity index (χ0v) is 27.2. The van der Waals surface area contributed by atoms with E-state index in [9.17, 15) is 0 Å². The van der Waals surface area contributed by atoms with Crippen LogP contribution in [-0.4, -0.2) is 37.4 Å². The summed E-state index contributed by atoms with van der Waals surface area (Å²) in [6.07, 6.45) is 0. The van der Waals surface area contributed by atoms with Crippen molar-refractivity contribution in [2.24, 2.45) is 0 Å². The van der Waals surface area contributed by atoms with Crippen molar-refractivity contribution in [2.75, 3.05) is 4.90 Å². The van der Waals surface area contributed by atoms with E-state index in [0.29, 0.717) is 0 Å². The molecule has 0 bridgehead atoms. The summed E-state index contributed by atoms with van der Waals surface area (Å²) in [6.45, 7) is 0. The zero-order valence-electron chi connectivity index (χ0n) is 22.3. The number of nitrogens with zero attached hydrogens (tertiary/aromatic N) is 2. The fraction of sp³-hybridized carbons (Fsp3) is 0. The first kappa shape index (κ1) is 23.3. The molecule has 10 rings (SSSR count). The van der Waals surface area contributed by atoms with E-state index in [1.54, 1.807) is 0 Å². The maximum atomic E-state index is 6.75. The van der Waals surface area contributed by atoms with Gasteiger partial charge in [0, 0.05) is 0 Å². The molecule has 7 heteroatoms. The van der Waals surface area contributed by atoms with Crippen LogP contribution in [-0.2, 0) is 0 Å². The fourth-order valence-electron chi connectivity index (χ4n) is 7.14. The molecule has 0 spiro atoms. The summed E-state index contributed by atoms with van der Waals surface area (Å²) in [5.41, 5.74) is 2.27. The summed E-state index contributed by atoms with van der Waals surface area (Å²) in [5, 5.41) is 0. The molecule has 0 saturated carbocycles. The Morgan fingerprint density at radius 3 is 1.79 bits per heavy atom. The molecular formula is C35H20Ga2N2O3. The van der Waals surface area contributed by atoms with Crippen LogP contribution in [0.5, 0.6) is 34.5 Å². The molecule has 5 nitrogen and oxygen atoms in total. The molecule has 0 unspecified atom stereocenters. The van der Waals surface area contributed by atoms with Gasteiger partial charge in [0.2, 0.25) is 0 Å². The average molecular weight is 656 g/mol. The third-order valence-electron chi connectivity index (χ3n) is 8.84. The molecule has 0 N–H and O–H groups in total. The quantitative estimate of drug-likeness (QED) is 0.248.